The molecule has 11 nitrogen and oxygen atoms in total. The van der Waals surface area contributed by atoms with E-state index in [0.717, 1.165) is 50.7 Å². The van der Waals surface area contributed by atoms with E-state index in [0.29, 0.717) is 42.7 Å². The van der Waals surface area contributed by atoms with Crippen molar-refractivity contribution in [2.45, 2.75) is 6.42 Å². The summed E-state index contributed by atoms with van der Waals surface area (Å²) in [4.78, 5) is 29.4. The number of methoxy groups -OCH3 is 1. The van der Waals surface area contributed by atoms with Gasteiger partial charge in [0.15, 0.2) is 17.3 Å². The van der Waals surface area contributed by atoms with Crippen molar-refractivity contribution in [2.75, 3.05) is 59.7 Å². The second kappa shape index (κ2) is 9.20. The highest BCUT2D eigenvalue weighted by molar-refractivity contribution is 6.20. The third kappa shape index (κ3) is 4.16. The Hall–Kier alpha value is -3.44. The van der Waals surface area contributed by atoms with Gasteiger partial charge in [-0.2, -0.15) is 0 Å². The summed E-state index contributed by atoms with van der Waals surface area (Å²) in [5.41, 5.74) is 6.75. The van der Waals surface area contributed by atoms with Crippen LogP contribution in [0.2, 0.25) is 0 Å². The summed E-state index contributed by atoms with van der Waals surface area (Å²) in [6.45, 7) is 6.23. The number of benzene rings is 1. The number of ether oxygens (including phenoxy) is 3. The molecule has 33 heavy (non-hydrogen) atoms. The van der Waals surface area contributed by atoms with Gasteiger partial charge >= 0.3 is 0 Å². The molecule has 0 saturated carbocycles. The average Bonchev–Trinajstić information content (AvgIpc) is 3.52. The van der Waals surface area contributed by atoms with Gasteiger partial charge in [-0.15, -0.1) is 0 Å². The minimum Gasteiger partial charge on any atom is -0.491 e. The maximum absolute atomic E-state index is 11.5. The van der Waals surface area contributed by atoms with Crippen molar-refractivity contribution < 1.29 is 23.4 Å². The minimum atomic E-state index is -0.689. The molecule has 0 atom stereocenters. The number of amides is 1. The molecular formula is C22H26N6O5. The van der Waals surface area contributed by atoms with E-state index in [1.807, 2.05) is 17.0 Å². The molecule has 4 heterocycles. The number of fused-ring (bicyclic) bond motifs is 3. The lowest BCUT2D eigenvalue weighted by Crippen LogP contribution is -2.38. The van der Waals surface area contributed by atoms with Gasteiger partial charge in [-0.25, -0.2) is 9.98 Å². The number of rotatable bonds is 8. The van der Waals surface area contributed by atoms with Crippen LogP contribution in [0, 0.1) is 0 Å². The van der Waals surface area contributed by atoms with Crippen LogP contribution in [0.25, 0.3) is 0 Å². The van der Waals surface area contributed by atoms with E-state index in [1.165, 1.54) is 6.20 Å². The Morgan fingerprint density at radius 2 is 2.06 bits per heavy atom. The van der Waals surface area contributed by atoms with E-state index in [-0.39, 0.29) is 11.7 Å². The van der Waals surface area contributed by atoms with Crippen LogP contribution in [0.3, 0.4) is 0 Å². The van der Waals surface area contributed by atoms with Crippen LogP contribution in [0.4, 0.5) is 5.69 Å². The Kier molecular flexibility index (Phi) is 5.97. The molecule has 3 aliphatic rings. The third-order valence-corrected chi connectivity index (χ3v) is 5.77. The molecule has 0 bridgehead atoms. The number of amidine groups is 2. The fraction of sp³-hybridized carbons (Fsp3) is 0.455. The molecule has 174 valence electrons. The quantitative estimate of drug-likeness (QED) is 0.586. The summed E-state index contributed by atoms with van der Waals surface area (Å²) in [5, 5.41) is 0. The molecule has 2 N–H and O–H groups in total. The molecule has 1 aromatic heterocycles. The van der Waals surface area contributed by atoms with Crippen LogP contribution >= 0.6 is 0 Å². The Morgan fingerprint density at radius 1 is 1.21 bits per heavy atom. The van der Waals surface area contributed by atoms with E-state index in [4.69, 9.17) is 29.4 Å². The number of nitrogens with zero attached hydrogens (tertiary/aromatic N) is 5. The van der Waals surface area contributed by atoms with Crippen molar-refractivity contribution in [3.63, 3.8) is 0 Å². The Bertz CT molecular complexity index is 1100. The third-order valence-electron chi connectivity index (χ3n) is 5.77. The smallest absolute Gasteiger partial charge is 0.286 e. The van der Waals surface area contributed by atoms with Gasteiger partial charge < -0.3 is 29.3 Å². The SMILES string of the molecule is COc1c(OCCCN2CCOCC2)ccc2c1N=C(c1ncc(C(N)=O)o1)N1CCN=C21. The monoisotopic (exact) mass is 454 g/mol. The number of carbonyl (C=O) groups is 1. The molecule has 1 saturated heterocycles. The van der Waals surface area contributed by atoms with Crippen LogP contribution in [0.1, 0.15) is 28.4 Å². The highest BCUT2D eigenvalue weighted by Gasteiger charge is 2.35. The predicted octanol–water partition coefficient (Wildman–Crippen LogP) is 1.04. The van der Waals surface area contributed by atoms with Crippen molar-refractivity contribution in [2.24, 2.45) is 15.7 Å². The molecule has 11 heteroatoms. The highest BCUT2D eigenvalue weighted by Crippen LogP contribution is 2.43. The van der Waals surface area contributed by atoms with Crippen molar-refractivity contribution in [1.29, 1.82) is 0 Å². The number of primary amides is 1. The Morgan fingerprint density at radius 3 is 2.82 bits per heavy atom. The molecule has 0 spiro atoms. The molecule has 5 rings (SSSR count). The first-order chi connectivity index (χ1) is 16.2. The number of nitrogens with two attached hydrogens (primary N) is 1. The maximum atomic E-state index is 11.5. The summed E-state index contributed by atoms with van der Waals surface area (Å²) in [7, 11) is 1.59. The Labute approximate surface area is 190 Å². The van der Waals surface area contributed by atoms with Gasteiger partial charge in [0, 0.05) is 31.7 Å². The van der Waals surface area contributed by atoms with Gasteiger partial charge in [-0.1, -0.05) is 0 Å². The standard InChI is InChI=1S/C22H26N6O5/c1-30-18-15(32-10-2-6-27-8-11-31-12-9-27)4-3-14-17(18)26-21(28-7-5-24-20(14)28)22-25-13-16(33-22)19(23)29/h3-4,13H,2,5-12H2,1H3,(H2,23,29). The van der Waals surface area contributed by atoms with Crippen LogP contribution in [-0.4, -0.2) is 92.0 Å². The molecule has 0 unspecified atom stereocenters. The van der Waals surface area contributed by atoms with Gasteiger partial charge in [-0.05, 0) is 18.6 Å². The summed E-state index contributed by atoms with van der Waals surface area (Å²) in [6.07, 6.45) is 2.19. The lowest BCUT2D eigenvalue weighted by molar-refractivity contribution is 0.0357. The van der Waals surface area contributed by atoms with Crippen molar-refractivity contribution in [1.82, 2.24) is 14.8 Å². The number of hydrogen-bond acceptors (Lipinski definition) is 10. The molecular weight excluding hydrogens is 428 g/mol. The normalized spacial score (nSPS) is 17.8. The first-order valence-electron chi connectivity index (χ1n) is 11.0. The summed E-state index contributed by atoms with van der Waals surface area (Å²) in [5.74, 6) is 1.82. The van der Waals surface area contributed by atoms with E-state index >= 15 is 0 Å². The molecule has 0 aliphatic carbocycles. The van der Waals surface area contributed by atoms with Crippen LogP contribution in [0.15, 0.2) is 32.7 Å². The van der Waals surface area contributed by atoms with Crippen LogP contribution in [0.5, 0.6) is 11.5 Å². The summed E-state index contributed by atoms with van der Waals surface area (Å²) < 4.78 is 22.7. The van der Waals surface area contributed by atoms with Crippen LogP contribution < -0.4 is 15.2 Å². The van der Waals surface area contributed by atoms with Crippen molar-refractivity contribution in [3.8, 4) is 11.5 Å². The molecule has 3 aliphatic heterocycles. The zero-order valence-corrected chi connectivity index (χ0v) is 18.5. The van der Waals surface area contributed by atoms with Gasteiger partial charge in [0.1, 0.15) is 11.5 Å². The van der Waals surface area contributed by atoms with Gasteiger partial charge in [0.25, 0.3) is 11.8 Å². The van der Waals surface area contributed by atoms with Crippen molar-refractivity contribution >= 4 is 23.3 Å². The minimum absolute atomic E-state index is 0.0273. The maximum Gasteiger partial charge on any atom is 0.286 e. The zero-order valence-electron chi connectivity index (χ0n) is 18.5. The Balaban J connectivity index is 1.40. The zero-order chi connectivity index (χ0) is 22.8. The molecule has 1 aromatic carbocycles. The fourth-order valence-corrected chi connectivity index (χ4v) is 4.15. The molecule has 1 amide bonds. The van der Waals surface area contributed by atoms with E-state index < -0.39 is 5.91 Å². The average molecular weight is 454 g/mol. The van der Waals surface area contributed by atoms with Gasteiger partial charge in [0.05, 0.1) is 39.7 Å². The van der Waals surface area contributed by atoms with E-state index in [2.05, 4.69) is 14.9 Å². The lowest BCUT2D eigenvalue weighted by atomic mass is 10.1. The van der Waals surface area contributed by atoms with E-state index in [1.54, 1.807) is 7.11 Å². The largest absolute Gasteiger partial charge is 0.491 e. The van der Waals surface area contributed by atoms with Crippen molar-refractivity contribution in [3.05, 3.63) is 35.5 Å². The predicted molar refractivity (Wildman–Crippen MR) is 120 cm³/mol. The number of aliphatic imine (C=N–C) groups is 2. The van der Waals surface area contributed by atoms with Crippen LogP contribution in [-0.2, 0) is 4.74 Å². The topological polar surface area (TPSA) is 128 Å². The molecule has 2 aromatic rings. The first kappa shape index (κ1) is 21.4. The number of carbonyl (C=O) groups excluding carboxylic acids is 1. The number of aromatic nitrogens is 1. The highest BCUT2D eigenvalue weighted by atomic mass is 16.5. The number of oxazole rings is 1. The second-order valence-corrected chi connectivity index (χ2v) is 7.84. The second-order valence-electron chi connectivity index (χ2n) is 7.84. The number of morpholine rings is 1. The van der Waals surface area contributed by atoms with Gasteiger partial charge in [-0.3, -0.25) is 14.7 Å². The summed E-state index contributed by atoms with van der Waals surface area (Å²) >= 11 is 0. The molecule has 0 radical (unpaired) electrons. The lowest BCUT2D eigenvalue weighted by Gasteiger charge is -2.27. The number of hydrogen-bond donors (Lipinski definition) is 1. The van der Waals surface area contributed by atoms with E-state index in [9.17, 15) is 4.79 Å². The fourth-order valence-electron chi connectivity index (χ4n) is 4.15. The first-order valence-corrected chi connectivity index (χ1v) is 11.0. The molecule has 1 fully saturated rings. The van der Waals surface area contributed by atoms with Gasteiger partial charge in [0.2, 0.25) is 5.76 Å². The summed E-state index contributed by atoms with van der Waals surface area (Å²) in [6, 6.07) is 3.83.